The van der Waals surface area contributed by atoms with Gasteiger partial charge >= 0.3 is 0 Å². The van der Waals surface area contributed by atoms with Gasteiger partial charge in [-0.3, -0.25) is 0 Å². The molecular formula is C13H19N5O. The first-order valence-electron chi connectivity index (χ1n) is 6.58. The summed E-state index contributed by atoms with van der Waals surface area (Å²) in [6.45, 7) is 3.63. The predicted molar refractivity (Wildman–Crippen MR) is 73.9 cm³/mol. The average molecular weight is 261 g/mol. The maximum absolute atomic E-state index is 5.24. The van der Waals surface area contributed by atoms with Gasteiger partial charge in [0.1, 0.15) is 5.76 Å². The third kappa shape index (κ3) is 4.57. The smallest absolute Gasteiger partial charge is 0.244 e. The van der Waals surface area contributed by atoms with Crippen LogP contribution >= 0.6 is 0 Å². The van der Waals surface area contributed by atoms with Gasteiger partial charge in [-0.1, -0.05) is 19.8 Å². The van der Waals surface area contributed by atoms with Crippen LogP contribution in [0.5, 0.6) is 0 Å². The molecule has 0 aliphatic carbocycles. The standard InChI is InChI=1S/C13H19N5O/c1-2-3-4-7-14-13-17-12(10-16-18-13)15-9-11-6-5-8-19-11/h5-6,8,10H,2-4,7,9H2,1H3,(H2,14,15,17,18). The minimum atomic E-state index is 0.556. The summed E-state index contributed by atoms with van der Waals surface area (Å²) < 4.78 is 5.24. The largest absolute Gasteiger partial charge is 0.467 e. The molecule has 102 valence electrons. The number of hydrogen-bond donors (Lipinski definition) is 2. The number of anilines is 2. The van der Waals surface area contributed by atoms with E-state index in [-0.39, 0.29) is 0 Å². The fourth-order valence-electron chi connectivity index (χ4n) is 1.63. The normalized spacial score (nSPS) is 10.4. The van der Waals surface area contributed by atoms with Crippen molar-refractivity contribution in [2.45, 2.75) is 32.7 Å². The fraction of sp³-hybridized carbons (Fsp3) is 0.462. The SMILES string of the molecule is CCCCCNc1nncc(NCc2ccco2)n1. The highest BCUT2D eigenvalue weighted by molar-refractivity contribution is 5.37. The van der Waals surface area contributed by atoms with Gasteiger partial charge in [-0.05, 0) is 18.6 Å². The summed E-state index contributed by atoms with van der Waals surface area (Å²) in [5.74, 6) is 2.10. The Hall–Kier alpha value is -2.11. The van der Waals surface area contributed by atoms with Crippen molar-refractivity contribution in [2.24, 2.45) is 0 Å². The molecule has 0 saturated carbocycles. The van der Waals surface area contributed by atoms with E-state index in [1.165, 1.54) is 12.8 Å². The first kappa shape index (κ1) is 13.3. The van der Waals surface area contributed by atoms with Crippen molar-refractivity contribution in [1.82, 2.24) is 15.2 Å². The van der Waals surface area contributed by atoms with Gasteiger partial charge in [-0.2, -0.15) is 10.1 Å². The number of furan rings is 1. The maximum Gasteiger partial charge on any atom is 0.244 e. The first-order chi connectivity index (χ1) is 9.38. The van der Waals surface area contributed by atoms with Crippen LogP contribution in [0.15, 0.2) is 29.0 Å². The zero-order chi connectivity index (χ0) is 13.3. The molecule has 0 saturated heterocycles. The maximum atomic E-state index is 5.24. The van der Waals surface area contributed by atoms with Crippen LogP contribution < -0.4 is 10.6 Å². The number of nitrogens with one attached hydrogen (secondary N) is 2. The van der Waals surface area contributed by atoms with E-state index in [4.69, 9.17) is 4.42 Å². The number of rotatable bonds is 8. The second-order valence-corrected chi connectivity index (χ2v) is 4.23. The summed E-state index contributed by atoms with van der Waals surface area (Å²) in [6.07, 6.45) is 6.77. The van der Waals surface area contributed by atoms with Crippen molar-refractivity contribution in [3.63, 3.8) is 0 Å². The number of nitrogens with zero attached hydrogens (tertiary/aromatic N) is 3. The molecule has 2 aromatic heterocycles. The quantitative estimate of drug-likeness (QED) is 0.711. The van der Waals surface area contributed by atoms with Crippen LogP contribution in [-0.4, -0.2) is 21.7 Å². The van der Waals surface area contributed by atoms with Gasteiger partial charge in [0.2, 0.25) is 5.95 Å². The Labute approximate surface area is 112 Å². The molecule has 0 unspecified atom stereocenters. The summed E-state index contributed by atoms with van der Waals surface area (Å²) in [7, 11) is 0. The highest BCUT2D eigenvalue weighted by atomic mass is 16.3. The molecule has 0 fully saturated rings. The fourth-order valence-corrected chi connectivity index (χ4v) is 1.63. The van der Waals surface area contributed by atoms with Crippen molar-refractivity contribution in [1.29, 1.82) is 0 Å². The van der Waals surface area contributed by atoms with E-state index in [0.29, 0.717) is 18.3 Å². The summed E-state index contributed by atoms with van der Waals surface area (Å²) in [6, 6.07) is 3.77. The number of unbranched alkanes of at least 4 members (excludes halogenated alkanes) is 2. The summed E-state index contributed by atoms with van der Waals surface area (Å²) in [5, 5.41) is 14.2. The van der Waals surface area contributed by atoms with Gasteiger partial charge < -0.3 is 15.1 Å². The second-order valence-electron chi connectivity index (χ2n) is 4.23. The number of hydrogen-bond acceptors (Lipinski definition) is 6. The third-order valence-corrected chi connectivity index (χ3v) is 2.65. The van der Waals surface area contributed by atoms with Crippen LogP contribution in [0.3, 0.4) is 0 Å². The Morgan fingerprint density at radius 3 is 3.00 bits per heavy atom. The lowest BCUT2D eigenvalue weighted by atomic mass is 10.2. The molecule has 2 N–H and O–H groups in total. The first-order valence-corrected chi connectivity index (χ1v) is 6.58. The Kier molecular flexibility index (Phi) is 5.16. The molecule has 2 aromatic rings. The van der Waals surface area contributed by atoms with Gasteiger partial charge in [0, 0.05) is 6.54 Å². The molecule has 0 radical (unpaired) electrons. The average Bonchev–Trinajstić information content (AvgIpc) is 2.95. The Balaban J connectivity index is 1.81. The second kappa shape index (κ2) is 7.35. The van der Waals surface area contributed by atoms with Crippen LogP contribution in [-0.2, 0) is 6.54 Å². The molecule has 6 nitrogen and oxygen atoms in total. The number of aromatic nitrogens is 3. The Bertz CT molecular complexity index is 472. The van der Waals surface area contributed by atoms with Crippen LogP contribution in [0.1, 0.15) is 31.9 Å². The van der Waals surface area contributed by atoms with Crippen molar-refractivity contribution >= 4 is 11.8 Å². The molecule has 0 amide bonds. The van der Waals surface area contributed by atoms with Gasteiger partial charge in [0.25, 0.3) is 0 Å². The van der Waals surface area contributed by atoms with Crippen molar-refractivity contribution in [3.05, 3.63) is 30.4 Å². The predicted octanol–water partition coefficient (Wildman–Crippen LogP) is 2.68. The molecule has 0 bridgehead atoms. The molecule has 0 spiro atoms. The van der Waals surface area contributed by atoms with Gasteiger partial charge in [0.15, 0.2) is 5.82 Å². The zero-order valence-electron chi connectivity index (χ0n) is 11.1. The van der Waals surface area contributed by atoms with Gasteiger partial charge in [-0.15, -0.1) is 5.10 Å². The van der Waals surface area contributed by atoms with Crippen molar-refractivity contribution < 1.29 is 4.42 Å². The summed E-state index contributed by atoms with van der Waals surface area (Å²) >= 11 is 0. The lowest BCUT2D eigenvalue weighted by Crippen LogP contribution is -2.08. The van der Waals surface area contributed by atoms with Gasteiger partial charge in [0.05, 0.1) is 19.0 Å². The molecule has 0 aliphatic rings. The monoisotopic (exact) mass is 261 g/mol. The zero-order valence-corrected chi connectivity index (χ0v) is 11.1. The molecule has 2 heterocycles. The van der Waals surface area contributed by atoms with Crippen molar-refractivity contribution in [2.75, 3.05) is 17.2 Å². The molecule has 19 heavy (non-hydrogen) atoms. The molecular weight excluding hydrogens is 242 g/mol. The van der Waals surface area contributed by atoms with Crippen LogP contribution in [0, 0.1) is 0 Å². The van der Waals surface area contributed by atoms with Gasteiger partial charge in [-0.25, -0.2) is 0 Å². The topological polar surface area (TPSA) is 75.9 Å². The van der Waals surface area contributed by atoms with E-state index >= 15 is 0 Å². The van der Waals surface area contributed by atoms with Crippen molar-refractivity contribution in [3.8, 4) is 0 Å². The highest BCUT2D eigenvalue weighted by Gasteiger charge is 2.01. The molecule has 0 aromatic carbocycles. The minimum absolute atomic E-state index is 0.556. The lowest BCUT2D eigenvalue weighted by molar-refractivity contribution is 0.517. The minimum Gasteiger partial charge on any atom is -0.467 e. The Morgan fingerprint density at radius 2 is 2.21 bits per heavy atom. The van der Waals surface area contributed by atoms with E-state index in [2.05, 4.69) is 32.7 Å². The van der Waals surface area contributed by atoms with Crippen LogP contribution in [0.2, 0.25) is 0 Å². The van der Waals surface area contributed by atoms with E-state index < -0.39 is 0 Å². The Morgan fingerprint density at radius 1 is 1.26 bits per heavy atom. The lowest BCUT2D eigenvalue weighted by Gasteiger charge is -2.06. The summed E-state index contributed by atoms with van der Waals surface area (Å²) in [5.41, 5.74) is 0. The van der Waals surface area contributed by atoms with E-state index in [1.54, 1.807) is 12.5 Å². The van der Waals surface area contributed by atoms with Crippen LogP contribution in [0.4, 0.5) is 11.8 Å². The molecule has 2 rings (SSSR count). The van der Waals surface area contributed by atoms with E-state index in [9.17, 15) is 0 Å². The third-order valence-electron chi connectivity index (χ3n) is 2.65. The van der Waals surface area contributed by atoms with E-state index in [0.717, 1.165) is 18.7 Å². The molecule has 0 aliphatic heterocycles. The molecule has 6 heteroatoms. The van der Waals surface area contributed by atoms with E-state index in [1.807, 2.05) is 12.1 Å². The molecule has 0 atom stereocenters. The van der Waals surface area contributed by atoms with Crippen LogP contribution in [0.25, 0.3) is 0 Å². The highest BCUT2D eigenvalue weighted by Crippen LogP contribution is 2.07. The summed E-state index contributed by atoms with van der Waals surface area (Å²) in [4.78, 5) is 4.33.